The summed E-state index contributed by atoms with van der Waals surface area (Å²) in [6, 6.07) is 11.5. The van der Waals surface area contributed by atoms with Crippen LogP contribution in [0.1, 0.15) is 48.7 Å². The van der Waals surface area contributed by atoms with Gasteiger partial charge in [0, 0.05) is 37.0 Å². The fourth-order valence-electron chi connectivity index (χ4n) is 4.22. The van der Waals surface area contributed by atoms with Crippen LogP contribution in [-0.4, -0.2) is 28.5 Å². The lowest BCUT2D eigenvalue weighted by Crippen LogP contribution is -2.40. The number of likely N-dealkylation sites (tertiary alicyclic amines) is 1. The molecule has 2 aromatic rings. The van der Waals surface area contributed by atoms with Crippen molar-refractivity contribution in [3.05, 3.63) is 58.0 Å². The zero-order chi connectivity index (χ0) is 18.1. The third-order valence-corrected chi connectivity index (χ3v) is 5.83. The molecule has 0 unspecified atom stereocenters. The highest BCUT2D eigenvalue weighted by Crippen LogP contribution is 2.30. The molecule has 0 saturated carbocycles. The van der Waals surface area contributed by atoms with Crippen LogP contribution < -0.4 is 5.56 Å². The van der Waals surface area contributed by atoms with Crippen molar-refractivity contribution >= 4 is 5.91 Å². The lowest BCUT2D eigenvalue weighted by molar-refractivity contribution is 0.0695. The number of aromatic nitrogens is 1. The van der Waals surface area contributed by atoms with E-state index in [4.69, 9.17) is 0 Å². The highest BCUT2D eigenvalue weighted by Gasteiger charge is 2.29. The van der Waals surface area contributed by atoms with Gasteiger partial charge in [-0.3, -0.25) is 9.59 Å². The average Bonchev–Trinajstić information content (AvgIpc) is 2.69. The molecular formula is C22H26N2O2. The Morgan fingerprint density at radius 1 is 1.04 bits per heavy atom. The molecule has 1 saturated heterocycles. The van der Waals surface area contributed by atoms with Crippen LogP contribution >= 0.6 is 0 Å². The van der Waals surface area contributed by atoms with Gasteiger partial charge in [-0.05, 0) is 43.6 Å². The lowest BCUT2D eigenvalue weighted by atomic mass is 9.92. The zero-order valence-electron chi connectivity index (χ0n) is 15.4. The molecule has 26 heavy (non-hydrogen) atoms. The van der Waals surface area contributed by atoms with Crippen molar-refractivity contribution in [2.45, 2.75) is 45.6 Å². The predicted molar refractivity (Wildman–Crippen MR) is 103 cm³/mol. The molecule has 3 heterocycles. The molecule has 0 spiro atoms. The highest BCUT2D eigenvalue weighted by molar-refractivity contribution is 6.02. The van der Waals surface area contributed by atoms with E-state index >= 15 is 0 Å². The fourth-order valence-corrected chi connectivity index (χ4v) is 4.22. The first-order valence-corrected chi connectivity index (χ1v) is 9.76. The molecule has 4 heteroatoms. The second-order valence-corrected chi connectivity index (χ2v) is 7.67. The molecule has 1 fully saturated rings. The normalized spacial score (nSPS) is 17.8. The first kappa shape index (κ1) is 17.1. The van der Waals surface area contributed by atoms with Gasteiger partial charge in [0.1, 0.15) is 0 Å². The molecular weight excluding hydrogens is 324 g/mol. The molecule has 2 aliphatic rings. The lowest BCUT2D eigenvalue weighted by Gasteiger charge is -2.32. The maximum atomic E-state index is 13.5. The SMILES string of the molecule is CC1CCN(C(=O)c2c(-c3ccccc3)cc(=O)n3c2CCCC3)CC1. The maximum absolute atomic E-state index is 13.5. The van der Waals surface area contributed by atoms with E-state index in [1.54, 1.807) is 6.07 Å². The van der Waals surface area contributed by atoms with Gasteiger partial charge in [0.2, 0.25) is 0 Å². The molecule has 0 atom stereocenters. The van der Waals surface area contributed by atoms with Crippen molar-refractivity contribution in [2.75, 3.05) is 13.1 Å². The van der Waals surface area contributed by atoms with Gasteiger partial charge in [0.15, 0.2) is 0 Å². The van der Waals surface area contributed by atoms with Crippen LogP contribution in [0.5, 0.6) is 0 Å². The van der Waals surface area contributed by atoms with Gasteiger partial charge in [0.25, 0.3) is 11.5 Å². The third-order valence-electron chi connectivity index (χ3n) is 5.83. The second-order valence-electron chi connectivity index (χ2n) is 7.67. The molecule has 0 bridgehead atoms. The number of hydrogen-bond donors (Lipinski definition) is 0. The van der Waals surface area contributed by atoms with Crippen molar-refractivity contribution in [3.63, 3.8) is 0 Å². The Morgan fingerprint density at radius 2 is 1.77 bits per heavy atom. The number of hydrogen-bond acceptors (Lipinski definition) is 2. The molecule has 2 aliphatic heterocycles. The van der Waals surface area contributed by atoms with Gasteiger partial charge in [-0.1, -0.05) is 37.3 Å². The van der Waals surface area contributed by atoms with Crippen molar-refractivity contribution in [2.24, 2.45) is 5.92 Å². The van der Waals surface area contributed by atoms with E-state index in [0.717, 1.165) is 74.1 Å². The number of rotatable bonds is 2. The Morgan fingerprint density at radius 3 is 2.50 bits per heavy atom. The molecule has 1 aromatic carbocycles. The average molecular weight is 350 g/mol. The smallest absolute Gasteiger partial charge is 0.256 e. The molecule has 0 aliphatic carbocycles. The maximum Gasteiger partial charge on any atom is 0.256 e. The zero-order valence-corrected chi connectivity index (χ0v) is 15.4. The van der Waals surface area contributed by atoms with Crippen molar-refractivity contribution in [1.82, 2.24) is 9.47 Å². The minimum Gasteiger partial charge on any atom is -0.339 e. The minimum atomic E-state index is 0.0161. The number of carbonyl (C=O) groups is 1. The Bertz CT molecular complexity index is 862. The van der Waals surface area contributed by atoms with E-state index in [-0.39, 0.29) is 11.5 Å². The summed E-state index contributed by atoms with van der Waals surface area (Å²) in [7, 11) is 0. The third kappa shape index (κ3) is 3.09. The van der Waals surface area contributed by atoms with Gasteiger partial charge >= 0.3 is 0 Å². The summed E-state index contributed by atoms with van der Waals surface area (Å²) >= 11 is 0. The van der Waals surface area contributed by atoms with Gasteiger partial charge in [-0.15, -0.1) is 0 Å². The van der Waals surface area contributed by atoms with Crippen molar-refractivity contribution in [3.8, 4) is 11.1 Å². The summed E-state index contributed by atoms with van der Waals surface area (Å²) in [5.41, 5.74) is 3.46. The largest absolute Gasteiger partial charge is 0.339 e. The van der Waals surface area contributed by atoms with Crippen LogP contribution in [0.3, 0.4) is 0 Å². The first-order valence-electron chi connectivity index (χ1n) is 9.76. The molecule has 1 aromatic heterocycles. The van der Waals surface area contributed by atoms with Gasteiger partial charge in [-0.25, -0.2) is 0 Å². The Kier molecular flexibility index (Phi) is 4.66. The van der Waals surface area contributed by atoms with Crippen LogP contribution in [0.4, 0.5) is 0 Å². The number of fused-ring (bicyclic) bond motifs is 1. The molecule has 1 amide bonds. The molecule has 4 rings (SSSR count). The fraction of sp³-hybridized carbons (Fsp3) is 0.455. The molecule has 0 radical (unpaired) electrons. The van der Waals surface area contributed by atoms with E-state index in [1.807, 2.05) is 39.8 Å². The summed E-state index contributed by atoms with van der Waals surface area (Å²) in [5.74, 6) is 0.779. The summed E-state index contributed by atoms with van der Waals surface area (Å²) in [6.45, 7) is 4.60. The van der Waals surface area contributed by atoms with E-state index in [0.29, 0.717) is 5.92 Å². The molecule has 0 N–H and O–H groups in total. The summed E-state index contributed by atoms with van der Waals surface area (Å²) in [4.78, 5) is 28.2. The summed E-state index contributed by atoms with van der Waals surface area (Å²) in [5, 5.41) is 0. The number of pyridine rings is 1. The van der Waals surface area contributed by atoms with Gasteiger partial charge < -0.3 is 9.47 Å². The van der Waals surface area contributed by atoms with Gasteiger partial charge in [0.05, 0.1) is 5.56 Å². The van der Waals surface area contributed by atoms with E-state index < -0.39 is 0 Å². The van der Waals surface area contributed by atoms with Crippen LogP contribution in [0.15, 0.2) is 41.2 Å². The summed E-state index contributed by atoms with van der Waals surface area (Å²) < 4.78 is 1.83. The number of amides is 1. The Balaban J connectivity index is 1.85. The second kappa shape index (κ2) is 7.10. The van der Waals surface area contributed by atoms with Crippen LogP contribution in [-0.2, 0) is 13.0 Å². The minimum absolute atomic E-state index is 0.0161. The first-order chi connectivity index (χ1) is 12.6. The van der Waals surface area contributed by atoms with Crippen LogP contribution in [0.25, 0.3) is 11.1 Å². The summed E-state index contributed by atoms with van der Waals surface area (Å²) in [6.07, 6.45) is 4.96. The van der Waals surface area contributed by atoms with Crippen molar-refractivity contribution in [1.29, 1.82) is 0 Å². The number of nitrogens with zero attached hydrogens (tertiary/aromatic N) is 2. The van der Waals surface area contributed by atoms with Crippen LogP contribution in [0, 0.1) is 5.92 Å². The van der Waals surface area contributed by atoms with Crippen molar-refractivity contribution < 1.29 is 4.79 Å². The molecule has 136 valence electrons. The van der Waals surface area contributed by atoms with E-state index in [9.17, 15) is 9.59 Å². The van der Waals surface area contributed by atoms with E-state index in [1.165, 1.54) is 0 Å². The predicted octanol–water partition coefficient (Wildman–Crippen LogP) is 3.72. The topological polar surface area (TPSA) is 42.3 Å². The van der Waals surface area contributed by atoms with E-state index in [2.05, 4.69) is 6.92 Å². The standard InChI is InChI=1S/C22H26N2O2/c1-16-10-13-23(14-11-16)22(26)21-18(17-7-3-2-4-8-17)15-20(25)24-12-6-5-9-19(21)24/h2-4,7-8,15-16H,5-6,9-14H2,1H3. The Hall–Kier alpha value is -2.36. The van der Waals surface area contributed by atoms with Gasteiger partial charge in [-0.2, -0.15) is 0 Å². The van der Waals surface area contributed by atoms with Crippen LogP contribution in [0.2, 0.25) is 0 Å². The number of piperidine rings is 1. The number of carbonyl (C=O) groups excluding carboxylic acids is 1. The molecule has 4 nitrogen and oxygen atoms in total. The monoisotopic (exact) mass is 350 g/mol. The quantitative estimate of drug-likeness (QED) is 0.828. The Labute approximate surface area is 154 Å². The number of benzene rings is 1. The highest BCUT2D eigenvalue weighted by atomic mass is 16.2.